The summed E-state index contributed by atoms with van der Waals surface area (Å²) in [4.78, 5) is 7.20. The molecule has 84 valence electrons. The summed E-state index contributed by atoms with van der Waals surface area (Å²) in [6.07, 6.45) is 8.42. The monoisotopic (exact) mass is 214 g/mol. The van der Waals surface area contributed by atoms with Crippen molar-refractivity contribution in [3.8, 4) is 0 Å². The molecule has 0 atom stereocenters. The maximum absolute atomic E-state index is 4.22. The fourth-order valence-electron chi connectivity index (χ4n) is 1.93. The van der Waals surface area contributed by atoms with Gasteiger partial charge in [0.05, 0.1) is 12.0 Å². The van der Waals surface area contributed by atoms with E-state index < -0.39 is 0 Å². The molecule has 0 unspecified atom stereocenters. The first-order valence-electron chi connectivity index (χ1n) is 5.88. The van der Waals surface area contributed by atoms with Gasteiger partial charge in [-0.1, -0.05) is 29.8 Å². The molecule has 2 nitrogen and oxygen atoms in total. The van der Waals surface area contributed by atoms with E-state index in [4.69, 9.17) is 0 Å². The third-order valence-electron chi connectivity index (χ3n) is 2.79. The van der Waals surface area contributed by atoms with Gasteiger partial charge in [0.2, 0.25) is 0 Å². The molecule has 0 saturated heterocycles. The van der Waals surface area contributed by atoms with Gasteiger partial charge in [0, 0.05) is 6.20 Å². The van der Waals surface area contributed by atoms with Crippen molar-refractivity contribution in [1.82, 2.24) is 9.97 Å². The molecule has 0 aliphatic rings. The molecule has 16 heavy (non-hydrogen) atoms. The maximum Gasteiger partial charge on any atom is 0.0923 e. The van der Waals surface area contributed by atoms with E-state index in [-0.39, 0.29) is 0 Å². The van der Waals surface area contributed by atoms with Crippen molar-refractivity contribution in [2.75, 3.05) is 0 Å². The number of unbranched alkanes of at least 4 members (excludes halogenated alkanes) is 1. The van der Waals surface area contributed by atoms with E-state index in [0.29, 0.717) is 0 Å². The van der Waals surface area contributed by atoms with Crippen molar-refractivity contribution >= 4 is 0 Å². The number of benzene rings is 1. The number of imidazole rings is 1. The number of rotatable bonds is 5. The number of aromatic amines is 1. The highest BCUT2D eigenvalue weighted by Crippen LogP contribution is 2.09. The molecule has 0 bridgehead atoms. The van der Waals surface area contributed by atoms with E-state index in [1.54, 1.807) is 6.33 Å². The summed E-state index contributed by atoms with van der Waals surface area (Å²) in [5.74, 6) is 0. The van der Waals surface area contributed by atoms with Crippen molar-refractivity contribution in [3.05, 3.63) is 53.6 Å². The number of aromatic nitrogens is 2. The lowest BCUT2D eigenvalue weighted by Gasteiger charge is -2.02. The van der Waals surface area contributed by atoms with Crippen molar-refractivity contribution in [3.63, 3.8) is 0 Å². The van der Waals surface area contributed by atoms with Crippen LogP contribution < -0.4 is 0 Å². The standard InChI is InChI=1S/C14H18N2/c1-12-5-4-7-13(9-12)6-2-3-8-14-10-15-11-16-14/h4-5,7,9-11H,2-3,6,8H2,1H3,(H,15,16). The van der Waals surface area contributed by atoms with Crippen molar-refractivity contribution in [2.45, 2.75) is 32.6 Å². The lowest BCUT2D eigenvalue weighted by Crippen LogP contribution is -1.89. The zero-order valence-electron chi connectivity index (χ0n) is 9.74. The number of hydrogen-bond acceptors (Lipinski definition) is 1. The van der Waals surface area contributed by atoms with Crippen LogP contribution >= 0.6 is 0 Å². The zero-order valence-corrected chi connectivity index (χ0v) is 9.74. The Labute approximate surface area is 96.7 Å². The van der Waals surface area contributed by atoms with Crippen molar-refractivity contribution < 1.29 is 0 Å². The molecule has 2 heteroatoms. The van der Waals surface area contributed by atoms with Gasteiger partial charge in [-0.15, -0.1) is 0 Å². The Balaban J connectivity index is 1.72. The quantitative estimate of drug-likeness (QED) is 0.760. The molecule has 0 saturated carbocycles. The second-order valence-electron chi connectivity index (χ2n) is 4.26. The third-order valence-corrected chi connectivity index (χ3v) is 2.79. The Hall–Kier alpha value is -1.57. The molecule has 0 amide bonds. The van der Waals surface area contributed by atoms with Crippen molar-refractivity contribution in [1.29, 1.82) is 0 Å². The Kier molecular flexibility index (Phi) is 3.76. The first-order valence-corrected chi connectivity index (χ1v) is 5.88. The molecule has 1 heterocycles. The number of nitrogens with zero attached hydrogens (tertiary/aromatic N) is 1. The summed E-state index contributed by atoms with van der Waals surface area (Å²) in [7, 11) is 0. The minimum absolute atomic E-state index is 1.08. The van der Waals surface area contributed by atoms with Crippen LogP contribution in [0.4, 0.5) is 0 Å². The molecule has 0 radical (unpaired) electrons. The summed E-state index contributed by atoms with van der Waals surface area (Å²) in [6.45, 7) is 2.15. The highest BCUT2D eigenvalue weighted by atomic mass is 14.9. The van der Waals surface area contributed by atoms with Crippen LogP contribution in [-0.4, -0.2) is 9.97 Å². The van der Waals surface area contributed by atoms with Gasteiger partial charge >= 0.3 is 0 Å². The highest BCUT2D eigenvalue weighted by Gasteiger charge is 1.96. The second kappa shape index (κ2) is 5.50. The molecular formula is C14H18N2. The Morgan fingerprint density at radius 2 is 2.06 bits per heavy atom. The average Bonchev–Trinajstić information content (AvgIpc) is 2.77. The third kappa shape index (κ3) is 3.23. The maximum atomic E-state index is 4.22. The molecule has 0 fully saturated rings. The van der Waals surface area contributed by atoms with E-state index in [9.17, 15) is 0 Å². The van der Waals surface area contributed by atoms with Crippen molar-refractivity contribution in [2.24, 2.45) is 0 Å². The van der Waals surface area contributed by atoms with Gasteiger partial charge in [-0.3, -0.25) is 0 Å². The van der Waals surface area contributed by atoms with Crippen LogP contribution in [0.3, 0.4) is 0 Å². The van der Waals surface area contributed by atoms with E-state index in [1.165, 1.54) is 36.1 Å². The number of hydrogen-bond donors (Lipinski definition) is 1. The Morgan fingerprint density at radius 1 is 1.19 bits per heavy atom. The van der Waals surface area contributed by atoms with Crippen LogP contribution in [0.1, 0.15) is 29.7 Å². The molecule has 0 aliphatic carbocycles. The van der Waals surface area contributed by atoms with Gasteiger partial charge in [-0.05, 0) is 38.2 Å². The number of nitrogens with one attached hydrogen (secondary N) is 1. The summed E-state index contributed by atoms with van der Waals surface area (Å²) < 4.78 is 0. The van der Waals surface area contributed by atoms with Crippen LogP contribution in [0.5, 0.6) is 0 Å². The minimum atomic E-state index is 1.08. The molecule has 1 aromatic carbocycles. The first-order chi connectivity index (χ1) is 7.84. The Morgan fingerprint density at radius 3 is 2.81 bits per heavy atom. The summed E-state index contributed by atoms with van der Waals surface area (Å²) in [5, 5.41) is 0. The predicted molar refractivity (Wildman–Crippen MR) is 66.4 cm³/mol. The summed E-state index contributed by atoms with van der Waals surface area (Å²) in [5.41, 5.74) is 3.97. The molecular weight excluding hydrogens is 196 g/mol. The first kappa shape index (κ1) is 10.9. The van der Waals surface area contributed by atoms with Crippen LogP contribution in [-0.2, 0) is 12.8 Å². The smallest absolute Gasteiger partial charge is 0.0923 e. The lowest BCUT2D eigenvalue weighted by molar-refractivity contribution is 0.725. The normalized spacial score (nSPS) is 10.6. The number of H-pyrrole nitrogens is 1. The van der Waals surface area contributed by atoms with E-state index in [0.717, 1.165) is 6.42 Å². The van der Waals surface area contributed by atoms with Gasteiger partial charge in [-0.2, -0.15) is 0 Å². The topological polar surface area (TPSA) is 28.7 Å². The Bertz CT molecular complexity index is 418. The minimum Gasteiger partial charge on any atom is -0.351 e. The van der Waals surface area contributed by atoms with Gasteiger partial charge in [0.1, 0.15) is 0 Å². The van der Waals surface area contributed by atoms with Crippen LogP contribution in [0.25, 0.3) is 0 Å². The van der Waals surface area contributed by atoms with Crippen LogP contribution in [0.15, 0.2) is 36.8 Å². The second-order valence-corrected chi connectivity index (χ2v) is 4.26. The van der Waals surface area contributed by atoms with Crippen LogP contribution in [0.2, 0.25) is 0 Å². The average molecular weight is 214 g/mol. The molecule has 1 N–H and O–H groups in total. The van der Waals surface area contributed by atoms with E-state index in [1.807, 2.05) is 6.20 Å². The van der Waals surface area contributed by atoms with Gasteiger partial charge in [0.15, 0.2) is 0 Å². The highest BCUT2D eigenvalue weighted by molar-refractivity contribution is 5.22. The summed E-state index contributed by atoms with van der Waals surface area (Å²) >= 11 is 0. The molecule has 0 spiro atoms. The zero-order chi connectivity index (χ0) is 11.2. The van der Waals surface area contributed by atoms with Gasteiger partial charge in [0.25, 0.3) is 0 Å². The fourth-order valence-corrected chi connectivity index (χ4v) is 1.93. The van der Waals surface area contributed by atoms with Crippen LogP contribution in [0, 0.1) is 6.92 Å². The largest absolute Gasteiger partial charge is 0.351 e. The van der Waals surface area contributed by atoms with E-state index >= 15 is 0 Å². The summed E-state index contributed by atoms with van der Waals surface area (Å²) in [6, 6.07) is 8.77. The molecule has 2 rings (SSSR count). The molecule has 1 aromatic heterocycles. The molecule has 2 aromatic rings. The van der Waals surface area contributed by atoms with E-state index in [2.05, 4.69) is 41.2 Å². The molecule has 0 aliphatic heterocycles. The number of aryl methyl sites for hydroxylation is 3. The predicted octanol–water partition coefficient (Wildman–Crippen LogP) is 3.28. The fraction of sp³-hybridized carbons (Fsp3) is 0.357. The lowest BCUT2D eigenvalue weighted by atomic mass is 10.0. The van der Waals surface area contributed by atoms with Gasteiger partial charge < -0.3 is 4.98 Å². The SMILES string of the molecule is Cc1cccc(CCCCc2c[nH]cn2)c1. The van der Waals surface area contributed by atoms with Gasteiger partial charge in [-0.25, -0.2) is 4.98 Å².